The first-order valence-corrected chi connectivity index (χ1v) is 19.6. The Morgan fingerprint density at radius 3 is 1.52 bits per heavy atom. The van der Waals surface area contributed by atoms with Crippen molar-refractivity contribution in [2.24, 2.45) is 0 Å². The van der Waals surface area contributed by atoms with E-state index in [9.17, 15) is 0 Å². The monoisotopic (exact) mass is 714 g/mol. The molecule has 1 aliphatic carbocycles. The number of allylic oxidation sites excluding steroid dienone is 4. The highest BCUT2D eigenvalue weighted by atomic mass is 15.0. The van der Waals surface area contributed by atoms with Gasteiger partial charge in [0.25, 0.3) is 0 Å². The van der Waals surface area contributed by atoms with Crippen LogP contribution in [0.5, 0.6) is 0 Å². The third-order valence-electron chi connectivity index (χ3n) is 11.6. The molecule has 2 nitrogen and oxygen atoms in total. The molecular weight excluding hydrogens is 677 g/mol. The van der Waals surface area contributed by atoms with Gasteiger partial charge in [0.15, 0.2) is 0 Å². The molecule has 0 saturated heterocycles. The Balaban J connectivity index is 0.986. The van der Waals surface area contributed by atoms with Crippen LogP contribution < -0.4 is 0 Å². The first-order valence-electron chi connectivity index (χ1n) is 19.6. The number of rotatable bonds is 6. The number of hydrogen-bond acceptors (Lipinski definition) is 0. The normalized spacial score (nSPS) is 13.1. The molecule has 0 radical (unpaired) electrons. The van der Waals surface area contributed by atoms with Crippen molar-refractivity contribution in [1.82, 2.24) is 9.13 Å². The van der Waals surface area contributed by atoms with Crippen molar-refractivity contribution in [3.05, 3.63) is 217 Å². The zero-order valence-corrected chi connectivity index (χ0v) is 30.9. The van der Waals surface area contributed by atoms with Crippen LogP contribution in [0.1, 0.15) is 24.0 Å². The summed E-state index contributed by atoms with van der Waals surface area (Å²) in [5, 5.41) is 5.04. The Bertz CT molecular complexity index is 3170. The largest absolute Gasteiger partial charge is 0.309 e. The fourth-order valence-corrected chi connectivity index (χ4v) is 8.92. The van der Waals surface area contributed by atoms with E-state index in [1.165, 1.54) is 99.5 Å². The van der Waals surface area contributed by atoms with E-state index in [1.54, 1.807) is 0 Å². The van der Waals surface area contributed by atoms with E-state index in [0.717, 1.165) is 12.8 Å². The number of nitrogens with zero attached hydrogens (tertiary/aromatic N) is 2. The lowest BCUT2D eigenvalue weighted by Crippen LogP contribution is -1.97. The summed E-state index contributed by atoms with van der Waals surface area (Å²) in [5.74, 6) is 0. The van der Waals surface area contributed by atoms with E-state index in [4.69, 9.17) is 0 Å². The van der Waals surface area contributed by atoms with Crippen molar-refractivity contribution in [2.75, 3.05) is 0 Å². The van der Waals surface area contributed by atoms with Crippen molar-refractivity contribution < 1.29 is 0 Å². The van der Waals surface area contributed by atoms with E-state index < -0.39 is 0 Å². The van der Waals surface area contributed by atoms with Gasteiger partial charge in [0.2, 0.25) is 0 Å². The van der Waals surface area contributed by atoms with Crippen LogP contribution >= 0.6 is 0 Å². The minimum absolute atomic E-state index is 1.03. The summed E-state index contributed by atoms with van der Waals surface area (Å²) < 4.78 is 4.81. The van der Waals surface area contributed by atoms with Gasteiger partial charge in [-0.25, -0.2) is 0 Å². The lowest BCUT2D eigenvalue weighted by Gasteiger charge is -2.17. The summed E-state index contributed by atoms with van der Waals surface area (Å²) in [6.07, 6.45) is 6.87. The van der Waals surface area contributed by atoms with Gasteiger partial charge in [-0.1, -0.05) is 140 Å². The van der Waals surface area contributed by atoms with Crippen molar-refractivity contribution >= 4 is 54.8 Å². The second kappa shape index (κ2) is 13.3. The van der Waals surface area contributed by atoms with Crippen LogP contribution in [0.4, 0.5) is 0 Å². The second-order valence-corrected chi connectivity index (χ2v) is 14.9. The molecule has 2 heterocycles. The second-order valence-electron chi connectivity index (χ2n) is 14.9. The van der Waals surface area contributed by atoms with E-state index in [0.29, 0.717) is 0 Å². The number of fused-ring (bicyclic) bond motifs is 6. The first-order chi connectivity index (χ1) is 27.8. The molecule has 56 heavy (non-hydrogen) atoms. The highest BCUT2D eigenvalue weighted by Gasteiger charge is 2.17. The molecule has 0 N–H and O–H groups in total. The molecule has 11 rings (SSSR count). The van der Waals surface area contributed by atoms with Crippen molar-refractivity contribution in [3.63, 3.8) is 0 Å². The Morgan fingerprint density at radius 1 is 0.321 bits per heavy atom. The average Bonchev–Trinajstić information content (AvgIpc) is 3.79. The van der Waals surface area contributed by atoms with Gasteiger partial charge in [-0.05, 0) is 124 Å². The quantitative estimate of drug-likeness (QED) is 0.162. The molecule has 264 valence electrons. The third-order valence-corrected chi connectivity index (χ3v) is 11.6. The molecule has 8 aromatic carbocycles. The molecule has 0 spiro atoms. The highest BCUT2D eigenvalue weighted by Crippen LogP contribution is 2.39. The minimum atomic E-state index is 1.03. The van der Waals surface area contributed by atoms with Crippen molar-refractivity contribution in [3.8, 4) is 33.6 Å². The number of hydrogen-bond donors (Lipinski definition) is 0. The molecule has 0 saturated carbocycles. The smallest absolute Gasteiger partial charge is 0.0541 e. The van der Waals surface area contributed by atoms with E-state index in [-0.39, 0.29) is 0 Å². The van der Waals surface area contributed by atoms with Crippen LogP contribution in [0.3, 0.4) is 0 Å². The Morgan fingerprint density at radius 2 is 0.821 bits per heavy atom. The number of benzene rings is 8. The average molecular weight is 715 g/mol. The maximum Gasteiger partial charge on any atom is 0.0541 e. The van der Waals surface area contributed by atoms with Crippen LogP contribution in [0.15, 0.2) is 206 Å². The molecule has 0 bridgehead atoms. The van der Waals surface area contributed by atoms with Gasteiger partial charge in [-0.3, -0.25) is 0 Å². The van der Waals surface area contributed by atoms with Crippen LogP contribution in [-0.2, 0) is 0 Å². The SMILES string of the molecule is C1=C(c2cccc(-n3c4ccccc4c4cc(-c5ccc6c(c5)c5ccccc5n6-c5ccccc5)ccc43)c2)C=C(c2cccc(-c3ccccc3)c2)CC1. The van der Waals surface area contributed by atoms with Crippen molar-refractivity contribution in [1.29, 1.82) is 0 Å². The van der Waals surface area contributed by atoms with Gasteiger partial charge in [0.05, 0.1) is 22.1 Å². The van der Waals surface area contributed by atoms with E-state index in [2.05, 4.69) is 215 Å². The molecule has 2 aromatic heterocycles. The van der Waals surface area contributed by atoms with E-state index in [1.807, 2.05) is 0 Å². The molecule has 0 unspecified atom stereocenters. The highest BCUT2D eigenvalue weighted by molar-refractivity contribution is 6.12. The zero-order valence-electron chi connectivity index (χ0n) is 30.9. The van der Waals surface area contributed by atoms with E-state index >= 15 is 0 Å². The van der Waals surface area contributed by atoms with Gasteiger partial charge in [0.1, 0.15) is 0 Å². The summed E-state index contributed by atoms with van der Waals surface area (Å²) in [6.45, 7) is 0. The minimum Gasteiger partial charge on any atom is -0.309 e. The van der Waals surface area contributed by atoms with Gasteiger partial charge < -0.3 is 9.13 Å². The number of aromatic nitrogens is 2. The van der Waals surface area contributed by atoms with Crippen LogP contribution in [-0.4, -0.2) is 9.13 Å². The topological polar surface area (TPSA) is 9.86 Å². The predicted octanol–water partition coefficient (Wildman–Crippen LogP) is 14.5. The summed E-state index contributed by atoms with van der Waals surface area (Å²) in [4.78, 5) is 0. The number of para-hydroxylation sites is 3. The van der Waals surface area contributed by atoms with Gasteiger partial charge in [-0.2, -0.15) is 0 Å². The zero-order chi connectivity index (χ0) is 37.0. The molecule has 0 fully saturated rings. The molecular formula is C54H38N2. The standard InChI is InChI=1S/C54H38N2/c1-3-14-37(15-4-1)38-16-11-17-39(32-38)40-18-12-19-41(33-40)42-20-13-23-46(34-42)56-52-27-10-8-25-48(52)50-36-44(29-31-54(50)56)43-28-30-53-49(35-43)47-24-7-9-26-51(47)55(53)45-21-5-2-6-22-45/h1-11,13-17,19-36H,12,18H2. The molecule has 0 atom stereocenters. The van der Waals surface area contributed by atoms with Crippen LogP contribution in [0.25, 0.3) is 88.4 Å². The lowest BCUT2D eigenvalue weighted by molar-refractivity contribution is 1.06. The molecule has 2 heteroatoms. The fraction of sp³-hybridized carbons (Fsp3) is 0.0370. The van der Waals surface area contributed by atoms with Crippen LogP contribution in [0.2, 0.25) is 0 Å². The van der Waals surface area contributed by atoms with Crippen molar-refractivity contribution in [2.45, 2.75) is 12.8 Å². The Kier molecular flexibility index (Phi) is 7.67. The fourth-order valence-electron chi connectivity index (χ4n) is 8.92. The Hall–Kier alpha value is -7.16. The predicted molar refractivity (Wildman–Crippen MR) is 238 cm³/mol. The summed E-state index contributed by atoms with van der Waals surface area (Å²) in [6, 6.07) is 70.9. The van der Waals surface area contributed by atoms with Gasteiger partial charge >= 0.3 is 0 Å². The Labute approximate surface area is 326 Å². The molecule has 0 aliphatic heterocycles. The maximum absolute atomic E-state index is 2.44. The maximum atomic E-state index is 2.44. The van der Waals surface area contributed by atoms with Gasteiger partial charge in [-0.15, -0.1) is 0 Å². The van der Waals surface area contributed by atoms with Gasteiger partial charge in [0, 0.05) is 32.9 Å². The molecule has 1 aliphatic rings. The lowest BCUT2D eigenvalue weighted by atomic mass is 9.89. The summed E-state index contributed by atoms with van der Waals surface area (Å²) >= 11 is 0. The van der Waals surface area contributed by atoms with Crippen LogP contribution in [0, 0.1) is 0 Å². The molecule has 10 aromatic rings. The third kappa shape index (κ3) is 5.41. The molecule has 0 amide bonds. The summed E-state index contributed by atoms with van der Waals surface area (Å²) in [7, 11) is 0. The first kappa shape index (κ1) is 32.3. The summed E-state index contributed by atoms with van der Waals surface area (Å²) in [5.41, 5.74) is 17.4.